The SMILES string of the molecule is CC(=O)Oc1ccc(N2C(=O)[C@H]3CCCC[C@@H]3C2=O)cc1. The molecule has 2 atom stereocenters. The first kappa shape index (κ1) is 13.8. The minimum Gasteiger partial charge on any atom is -0.427 e. The Kier molecular flexibility index (Phi) is 3.49. The highest BCUT2D eigenvalue weighted by Gasteiger charge is 2.48. The summed E-state index contributed by atoms with van der Waals surface area (Å²) in [7, 11) is 0. The first-order chi connectivity index (χ1) is 10.1. The Labute approximate surface area is 122 Å². The third-order valence-corrected chi connectivity index (χ3v) is 4.20. The average Bonchev–Trinajstić information content (AvgIpc) is 2.72. The predicted molar refractivity (Wildman–Crippen MR) is 75.7 cm³/mol. The molecule has 0 N–H and O–H groups in total. The zero-order chi connectivity index (χ0) is 15.0. The van der Waals surface area contributed by atoms with Gasteiger partial charge in [0.05, 0.1) is 17.5 Å². The Morgan fingerprint density at radius 3 is 2.05 bits per heavy atom. The molecule has 0 unspecified atom stereocenters. The fraction of sp³-hybridized carbons (Fsp3) is 0.438. The van der Waals surface area contributed by atoms with Gasteiger partial charge < -0.3 is 4.74 Å². The number of hydrogen-bond donors (Lipinski definition) is 0. The number of fused-ring (bicyclic) bond motifs is 1. The van der Waals surface area contributed by atoms with E-state index in [0.717, 1.165) is 25.7 Å². The molecular formula is C16H17NO4. The number of carbonyl (C=O) groups excluding carboxylic acids is 3. The van der Waals surface area contributed by atoms with Gasteiger partial charge in [0, 0.05) is 6.92 Å². The molecule has 21 heavy (non-hydrogen) atoms. The first-order valence-corrected chi connectivity index (χ1v) is 7.24. The second-order valence-electron chi connectivity index (χ2n) is 5.60. The fourth-order valence-electron chi connectivity index (χ4n) is 3.25. The van der Waals surface area contributed by atoms with Gasteiger partial charge in [-0.2, -0.15) is 0 Å². The molecule has 0 aromatic heterocycles. The minimum atomic E-state index is -0.401. The van der Waals surface area contributed by atoms with Crippen molar-refractivity contribution in [3.63, 3.8) is 0 Å². The van der Waals surface area contributed by atoms with Crippen LogP contribution in [0.4, 0.5) is 5.69 Å². The topological polar surface area (TPSA) is 63.7 Å². The van der Waals surface area contributed by atoms with Crippen molar-refractivity contribution < 1.29 is 19.1 Å². The van der Waals surface area contributed by atoms with Gasteiger partial charge >= 0.3 is 5.97 Å². The van der Waals surface area contributed by atoms with Crippen molar-refractivity contribution in [2.45, 2.75) is 32.6 Å². The number of anilines is 1. The molecule has 2 aliphatic rings. The Morgan fingerprint density at radius 2 is 1.57 bits per heavy atom. The smallest absolute Gasteiger partial charge is 0.308 e. The molecule has 3 rings (SSSR count). The summed E-state index contributed by atoms with van der Waals surface area (Å²) < 4.78 is 4.95. The number of nitrogens with zero attached hydrogens (tertiary/aromatic N) is 1. The summed E-state index contributed by atoms with van der Waals surface area (Å²) in [4.78, 5) is 37.0. The predicted octanol–water partition coefficient (Wildman–Crippen LogP) is 2.29. The molecular weight excluding hydrogens is 270 g/mol. The highest BCUT2D eigenvalue weighted by Crippen LogP contribution is 2.40. The van der Waals surface area contributed by atoms with E-state index in [9.17, 15) is 14.4 Å². The van der Waals surface area contributed by atoms with Crippen LogP contribution in [-0.4, -0.2) is 17.8 Å². The minimum absolute atomic E-state index is 0.0927. The highest BCUT2D eigenvalue weighted by atomic mass is 16.5. The summed E-state index contributed by atoms with van der Waals surface area (Å²) in [6.45, 7) is 1.33. The van der Waals surface area contributed by atoms with Crippen LogP contribution < -0.4 is 9.64 Å². The van der Waals surface area contributed by atoms with Crippen molar-refractivity contribution in [3.8, 4) is 5.75 Å². The highest BCUT2D eigenvalue weighted by molar-refractivity contribution is 6.22. The lowest BCUT2D eigenvalue weighted by Gasteiger charge is -2.19. The van der Waals surface area contributed by atoms with Gasteiger partial charge in [0.2, 0.25) is 11.8 Å². The molecule has 1 saturated carbocycles. The van der Waals surface area contributed by atoms with Gasteiger partial charge in [-0.3, -0.25) is 19.3 Å². The van der Waals surface area contributed by atoms with E-state index in [-0.39, 0.29) is 23.7 Å². The maximum atomic E-state index is 12.4. The average molecular weight is 287 g/mol. The van der Waals surface area contributed by atoms with Crippen molar-refractivity contribution in [2.24, 2.45) is 11.8 Å². The van der Waals surface area contributed by atoms with Gasteiger partial charge in [0.15, 0.2) is 0 Å². The molecule has 0 spiro atoms. The molecule has 5 heteroatoms. The van der Waals surface area contributed by atoms with E-state index < -0.39 is 5.97 Å². The monoisotopic (exact) mass is 287 g/mol. The molecule has 1 saturated heterocycles. The number of rotatable bonds is 2. The molecule has 2 amide bonds. The molecule has 1 heterocycles. The Bertz CT molecular complexity index is 569. The van der Waals surface area contributed by atoms with Crippen molar-refractivity contribution in [1.29, 1.82) is 0 Å². The van der Waals surface area contributed by atoms with Gasteiger partial charge in [-0.1, -0.05) is 12.8 Å². The lowest BCUT2D eigenvalue weighted by atomic mass is 9.81. The maximum Gasteiger partial charge on any atom is 0.308 e. The lowest BCUT2D eigenvalue weighted by molar-refractivity contribution is -0.132. The van der Waals surface area contributed by atoms with Gasteiger partial charge in [0.1, 0.15) is 5.75 Å². The fourth-order valence-corrected chi connectivity index (χ4v) is 3.25. The number of carbonyl (C=O) groups is 3. The van der Waals surface area contributed by atoms with Crippen molar-refractivity contribution >= 4 is 23.5 Å². The Balaban J connectivity index is 1.84. The van der Waals surface area contributed by atoms with Crippen LogP contribution in [0.5, 0.6) is 5.75 Å². The van der Waals surface area contributed by atoms with Crippen LogP contribution >= 0.6 is 0 Å². The lowest BCUT2D eigenvalue weighted by Crippen LogP contribution is -2.30. The second-order valence-corrected chi connectivity index (χ2v) is 5.60. The Morgan fingerprint density at radius 1 is 1.05 bits per heavy atom. The zero-order valence-corrected chi connectivity index (χ0v) is 11.9. The third-order valence-electron chi connectivity index (χ3n) is 4.20. The number of esters is 1. The molecule has 1 aromatic carbocycles. The van der Waals surface area contributed by atoms with Crippen LogP contribution in [0.2, 0.25) is 0 Å². The summed E-state index contributed by atoms with van der Waals surface area (Å²) in [5.74, 6) is -0.487. The van der Waals surface area contributed by atoms with Crippen molar-refractivity contribution in [2.75, 3.05) is 4.90 Å². The molecule has 0 bridgehead atoms. The van der Waals surface area contributed by atoms with E-state index in [0.29, 0.717) is 11.4 Å². The number of amides is 2. The molecule has 5 nitrogen and oxygen atoms in total. The summed E-state index contributed by atoms with van der Waals surface area (Å²) >= 11 is 0. The van der Waals surface area contributed by atoms with Gasteiger partial charge in [-0.05, 0) is 37.1 Å². The largest absolute Gasteiger partial charge is 0.427 e. The second kappa shape index (κ2) is 5.31. The molecule has 2 fully saturated rings. The number of imide groups is 1. The van der Waals surface area contributed by atoms with E-state index in [1.807, 2.05) is 0 Å². The van der Waals surface area contributed by atoms with Crippen LogP contribution in [0.1, 0.15) is 32.6 Å². The van der Waals surface area contributed by atoms with Gasteiger partial charge in [-0.25, -0.2) is 0 Å². The van der Waals surface area contributed by atoms with E-state index in [1.54, 1.807) is 24.3 Å². The number of hydrogen-bond acceptors (Lipinski definition) is 4. The number of benzene rings is 1. The normalized spacial score (nSPS) is 24.9. The van der Waals surface area contributed by atoms with Crippen LogP contribution in [0.3, 0.4) is 0 Å². The summed E-state index contributed by atoms with van der Waals surface area (Å²) in [6.07, 6.45) is 3.63. The van der Waals surface area contributed by atoms with Gasteiger partial charge in [0.25, 0.3) is 0 Å². The molecule has 1 aromatic rings. The third kappa shape index (κ3) is 2.44. The molecule has 110 valence electrons. The zero-order valence-electron chi connectivity index (χ0n) is 11.9. The van der Waals surface area contributed by atoms with Crippen LogP contribution in [0.25, 0.3) is 0 Å². The maximum absolute atomic E-state index is 12.4. The summed E-state index contributed by atoms with van der Waals surface area (Å²) in [5, 5.41) is 0. The van der Waals surface area contributed by atoms with Crippen LogP contribution in [-0.2, 0) is 14.4 Å². The summed E-state index contributed by atoms with van der Waals surface area (Å²) in [6, 6.07) is 6.48. The van der Waals surface area contributed by atoms with E-state index in [4.69, 9.17) is 4.74 Å². The molecule has 1 aliphatic carbocycles. The van der Waals surface area contributed by atoms with E-state index in [2.05, 4.69) is 0 Å². The quantitative estimate of drug-likeness (QED) is 0.475. The molecule has 0 radical (unpaired) electrons. The van der Waals surface area contributed by atoms with E-state index >= 15 is 0 Å². The molecule has 1 aliphatic heterocycles. The standard InChI is InChI=1S/C16H17NO4/c1-10(18)21-12-8-6-11(7-9-12)17-15(19)13-4-2-3-5-14(13)16(17)20/h6-9,13-14H,2-5H2,1H3/t13-,14-/m0/s1. The number of ether oxygens (including phenoxy) is 1. The Hall–Kier alpha value is -2.17. The first-order valence-electron chi connectivity index (χ1n) is 7.24. The van der Waals surface area contributed by atoms with E-state index in [1.165, 1.54) is 11.8 Å². The van der Waals surface area contributed by atoms with Crippen molar-refractivity contribution in [3.05, 3.63) is 24.3 Å². The van der Waals surface area contributed by atoms with Crippen molar-refractivity contribution in [1.82, 2.24) is 0 Å². The summed E-state index contributed by atoms with van der Waals surface area (Å²) in [5.41, 5.74) is 0.551. The van der Waals surface area contributed by atoms with Gasteiger partial charge in [-0.15, -0.1) is 0 Å². The van der Waals surface area contributed by atoms with Crippen LogP contribution in [0, 0.1) is 11.8 Å². The van der Waals surface area contributed by atoms with Crippen LogP contribution in [0.15, 0.2) is 24.3 Å².